The summed E-state index contributed by atoms with van der Waals surface area (Å²) in [6.07, 6.45) is 2.19. The molecule has 1 aromatic carbocycles. The Balaban J connectivity index is 1.60. The first-order valence-electron chi connectivity index (χ1n) is 8.02. The predicted molar refractivity (Wildman–Crippen MR) is 96.4 cm³/mol. The van der Waals surface area contributed by atoms with Gasteiger partial charge in [-0.3, -0.25) is 14.6 Å². The maximum Gasteiger partial charge on any atom is 0.328 e. The molecule has 1 aromatic heterocycles. The molecule has 0 saturated carbocycles. The van der Waals surface area contributed by atoms with Gasteiger partial charge < -0.3 is 14.8 Å². The predicted octanol–water partition coefficient (Wildman–Crippen LogP) is 0.983. The average molecular weight is 363 g/mol. The molecule has 1 fully saturated rings. The van der Waals surface area contributed by atoms with Gasteiger partial charge in [-0.05, 0) is 30.5 Å². The summed E-state index contributed by atoms with van der Waals surface area (Å²) >= 11 is 6.03. The van der Waals surface area contributed by atoms with Crippen LogP contribution in [0.2, 0.25) is 5.02 Å². The second-order valence-corrected chi connectivity index (χ2v) is 6.64. The number of hydrogen-bond acceptors (Lipinski definition) is 4. The van der Waals surface area contributed by atoms with E-state index in [0.29, 0.717) is 11.6 Å². The van der Waals surface area contributed by atoms with Crippen molar-refractivity contribution in [3.63, 3.8) is 0 Å². The Morgan fingerprint density at radius 3 is 2.96 bits per heavy atom. The highest BCUT2D eigenvalue weighted by atomic mass is 35.5. The van der Waals surface area contributed by atoms with Gasteiger partial charge in [0.2, 0.25) is 0 Å². The fourth-order valence-electron chi connectivity index (χ4n) is 2.96. The van der Waals surface area contributed by atoms with Gasteiger partial charge in [0.15, 0.2) is 0 Å². The first-order chi connectivity index (χ1) is 11.9. The van der Waals surface area contributed by atoms with Crippen LogP contribution >= 0.6 is 11.6 Å². The minimum Gasteiger partial charge on any atom is -0.371 e. The molecular weight excluding hydrogens is 344 g/mol. The number of halogens is 1. The molecule has 2 heterocycles. The molecule has 25 heavy (non-hydrogen) atoms. The summed E-state index contributed by atoms with van der Waals surface area (Å²) in [6, 6.07) is 7.69. The third kappa shape index (κ3) is 3.93. The van der Waals surface area contributed by atoms with Crippen molar-refractivity contribution < 1.29 is 4.79 Å². The maximum absolute atomic E-state index is 12.2. The number of nitrogens with one attached hydrogen (secondary N) is 2. The van der Waals surface area contributed by atoms with E-state index in [-0.39, 0.29) is 11.5 Å². The molecule has 1 atom stereocenters. The molecule has 3 rings (SSSR count). The van der Waals surface area contributed by atoms with E-state index in [4.69, 9.17) is 11.6 Å². The second-order valence-electron chi connectivity index (χ2n) is 6.20. The standard InChI is InChI=1S/C17H19ClN4O3/c1-21-10-14(16(24)20-17(21)25)15(23)19-8-11-5-6-22(9-11)13-4-2-3-12(18)7-13/h2-4,7,10-11H,5-6,8-9H2,1H3,(H,19,23)(H,20,24,25)/t11-/m0/s1. The Morgan fingerprint density at radius 1 is 1.40 bits per heavy atom. The number of aromatic amines is 1. The van der Waals surface area contributed by atoms with E-state index >= 15 is 0 Å². The van der Waals surface area contributed by atoms with Crippen molar-refractivity contribution >= 4 is 23.2 Å². The average Bonchev–Trinajstić information content (AvgIpc) is 3.05. The Kier molecular flexibility index (Phi) is 4.94. The summed E-state index contributed by atoms with van der Waals surface area (Å²) in [4.78, 5) is 39.6. The van der Waals surface area contributed by atoms with Gasteiger partial charge in [0.05, 0.1) is 0 Å². The van der Waals surface area contributed by atoms with Crippen LogP contribution in [0, 0.1) is 5.92 Å². The zero-order chi connectivity index (χ0) is 18.0. The molecule has 0 radical (unpaired) electrons. The number of carbonyl (C=O) groups excluding carboxylic acids is 1. The van der Waals surface area contributed by atoms with Gasteiger partial charge >= 0.3 is 5.69 Å². The summed E-state index contributed by atoms with van der Waals surface area (Å²) in [5, 5.41) is 3.48. The lowest BCUT2D eigenvalue weighted by atomic mass is 10.1. The zero-order valence-corrected chi connectivity index (χ0v) is 14.5. The highest BCUT2D eigenvalue weighted by molar-refractivity contribution is 6.30. The number of carbonyl (C=O) groups is 1. The van der Waals surface area contributed by atoms with E-state index in [0.717, 1.165) is 25.2 Å². The summed E-state index contributed by atoms with van der Waals surface area (Å²) in [5.41, 5.74) is -0.218. The van der Waals surface area contributed by atoms with Crippen LogP contribution in [-0.4, -0.2) is 35.1 Å². The largest absolute Gasteiger partial charge is 0.371 e. The van der Waals surface area contributed by atoms with Crippen molar-refractivity contribution in [1.29, 1.82) is 0 Å². The van der Waals surface area contributed by atoms with Crippen molar-refractivity contribution in [2.45, 2.75) is 6.42 Å². The number of aromatic nitrogens is 2. The number of hydrogen-bond donors (Lipinski definition) is 2. The molecule has 0 unspecified atom stereocenters. The number of aryl methyl sites for hydroxylation is 1. The number of H-pyrrole nitrogens is 1. The number of anilines is 1. The van der Waals surface area contributed by atoms with Crippen molar-refractivity contribution in [3.05, 3.63) is 61.9 Å². The molecule has 0 bridgehead atoms. The highest BCUT2D eigenvalue weighted by Crippen LogP contribution is 2.25. The van der Waals surface area contributed by atoms with Crippen LogP contribution in [0.5, 0.6) is 0 Å². The molecule has 8 heteroatoms. The Labute approximate surface area is 149 Å². The lowest BCUT2D eigenvalue weighted by Crippen LogP contribution is -2.38. The fraction of sp³-hybridized carbons (Fsp3) is 0.353. The minimum absolute atomic E-state index is 0.0632. The maximum atomic E-state index is 12.2. The normalized spacial score (nSPS) is 16.9. The molecule has 2 aromatic rings. The molecule has 1 aliphatic rings. The van der Waals surface area contributed by atoms with Crippen molar-refractivity contribution in [3.8, 4) is 0 Å². The Morgan fingerprint density at radius 2 is 2.20 bits per heavy atom. The van der Waals surface area contributed by atoms with E-state index in [2.05, 4.69) is 15.2 Å². The SMILES string of the molecule is Cn1cc(C(=O)NC[C@@H]2CCN(c3cccc(Cl)c3)C2)c(=O)[nH]c1=O. The van der Waals surface area contributed by atoms with Gasteiger partial charge in [-0.2, -0.15) is 0 Å². The third-order valence-electron chi connectivity index (χ3n) is 4.36. The fourth-order valence-corrected chi connectivity index (χ4v) is 3.15. The smallest absolute Gasteiger partial charge is 0.328 e. The van der Waals surface area contributed by atoms with Crippen molar-refractivity contribution in [2.75, 3.05) is 24.5 Å². The van der Waals surface area contributed by atoms with Gasteiger partial charge in [0, 0.05) is 43.6 Å². The molecule has 1 aliphatic heterocycles. The van der Waals surface area contributed by atoms with Crippen LogP contribution in [0.3, 0.4) is 0 Å². The van der Waals surface area contributed by atoms with E-state index in [9.17, 15) is 14.4 Å². The Hall–Kier alpha value is -2.54. The quantitative estimate of drug-likeness (QED) is 0.849. The number of rotatable bonds is 4. The van der Waals surface area contributed by atoms with Gasteiger partial charge in [0.25, 0.3) is 11.5 Å². The van der Waals surface area contributed by atoms with E-state index in [1.54, 1.807) is 0 Å². The van der Waals surface area contributed by atoms with Crippen molar-refractivity contribution in [2.24, 2.45) is 13.0 Å². The summed E-state index contributed by atoms with van der Waals surface area (Å²) in [5.74, 6) is -0.187. The number of amides is 1. The molecule has 1 amide bonds. The zero-order valence-electron chi connectivity index (χ0n) is 13.8. The van der Waals surface area contributed by atoms with Crippen molar-refractivity contribution in [1.82, 2.24) is 14.9 Å². The van der Waals surface area contributed by atoms with Gasteiger partial charge in [-0.15, -0.1) is 0 Å². The van der Waals surface area contributed by atoms with E-state index < -0.39 is 17.2 Å². The lowest BCUT2D eigenvalue weighted by molar-refractivity contribution is 0.0945. The monoisotopic (exact) mass is 362 g/mol. The van der Waals surface area contributed by atoms with Crippen LogP contribution in [0.1, 0.15) is 16.8 Å². The summed E-state index contributed by atoms with van der Waals surface area (Å²) in [6.45, 7) is 2.17. The molecular formula is C17H19ClN4O3. The molecule has 132 valence electrons. The van der Waals surface area contributed by atoms with Crippen LogP contribution in [0.4, 0.5) is 5.69 Å². The lowest BCUT2D eigenvalue weighted by Gasteiger charge is -2.19. The van der Waals surface area contributed by atoms with E-state index in [1.165, 1.54) is 17.8 Å². The van der Waals surface area contributed by atoms with Crippen LogP contribution < -0.4 is 21.5 Å². The van der Waals surface area contributed by atoms with Crippen LogP contribution in [-0.2, 0) is 7.05 Å². The van der Waals surface area contributed by atoms with Gasteiger partial charge in [-0.1, -0.05) is 17.7 Å². The molecule has 7 nitrogen and oxygen atoms in total. The number of nitrogens with zero attached hydrogens (tertiary/aromatic N) is 2. The number of benzene rings is 1. The van der Waals surface area contributed by atoms with Crippen LogP contribution in [0.25, 0.3) is 0 Å². The first kappa shape index (κ1) is 17.3. The minimum atomic E-state index is -0.674. The first-order valence-corrected chi connectivity index (χ1v) is 8.40. The Bertz CT molecular complexity index is 905. The van der Waals surface area contributed by atoms with Gasteiger partial charge in [0.1, 0.15) is 5.56 Å². The molecule has 0 aliphatic carbocycles. The molecule has 1 saturated heterocycles. The molecule has 2 N–H and O–H groups in total. The van der Waals surface area contributed by atoms with Gasteiger partial charge in [-0.25, -0.2) is 4.79 Å². The topological polar surface area (TPSA) is 87.2 Å². The summed E-state index contributed by atoms with van der Waals surface area (Å²) < 4.78 is 1.17. The highest BCUT2D eigenvalue weighted by Gasteiger charge is 2.24. The molecule has 0 spiro atoms. The van der Waals surface area contributed by atoms with E-state index in [1.807, 2.05) is 24.3 Å². The summed E-state index contributed by atoms with van der Waals surface area (Å²) in [7, 11) is 1.48. The van der Waals surface area contributed by atoms with Crippen LogP contribution in [0.15, 0.2) is 40.1 Å². The third-order valence-corrected chi connectivity index (χ3v) is 4.60. The second kappa shape index (κ2) is 7.14.